The van der Waals surface area contributed by atoms with Crippen molar-refractivity contribution in [3.63, 3.8) is 0 Å². The molecule has 1 aromatic heterocycles. The van der Waals surface area contributed by atoms with Crippen molar-refractivity contribution in [1.29, 1.82) is 0 Å². The first-order valence-electron chi connectivity index (χ1n) is 7.96. The lowest BCUT2D eigenvalue weighted by Gasteiger charge is -2.31. The number of carbonyl (C=O) groups is 2. The average molecular weight is 302 g/mol. The number of aryl methyl sites for hydroxylation is 2. The molecule has 6 heteroatoms. The Labute approximate surface area is 130 Å². The molecule has 0 bridgehead atoms. The third-order valence-corrected chi connectivity index (χ3v) is 4.53. The van der Waals surface area contributed by atoms with Crippen LogP contribution in [0.1, 0.15) is 36.9 Å². The third kappa shape index (κ3) is 3.21. The minimum absolute atomic E-state index is 0.177. The van der Waals surface area contributed by atoms with Gasteiger partial charge < -0.3 is 16.0 Å². The van der Waals surface area contributed by atoms with Crippen LogP contribution in [0.4, 0.5) is 10.5 Å². The van der Waals surface area contributed by atoms with Crippen LogP contribution in [0.3, 0.4) is 0 Å². The second-order valence-corrected chi connectivity index (χ2v) is 6.15. The fraction of sp³-hybridized carbons (Fsp3) is 0.562. The zero-order valence-electron chi connectivity index (χ0n) is 12.7. The molecule has 1 aliphatic heterocycles. The topological polar surface area (TPSA) is 88.3 Å². The molecule has 1 aromatic rings. The van der Waals surface area contributed by atoms with Gasteiger partial charge in [-0.1, -0.05) is 0 Å². The SMILES string of the molecule is NC(=O)C1CCCN(C(=O)Nc2cnc3c(c2)CCCC3)C1. The van der Waals surface area contributed by atoms with Crippen molar-refractivity contribution in [1.82, 2.24) is 9.88 Å². The van der Waals surface area contributed by atoms with E-state index in [0.29, 0.717) is 13.1 Å². The number of amides is 3. The zero-order valence-corrected chi connectivity index (χ0v) is 12.7. The number of rotatable bonds is 2. The van der Waals surface area contributed by atoms with Crippen molar-refractivity contribution in [3.8, 4) is 0 Å². The number of nitrogens with zero attached hydrogens (tertiary/aromatic N) is 2. The second-order valence-electron chi connectivity index (χ2n) is 6.15. The van der Waals surface area contributed by atoms with Crippen molar-refractivity contribution in [2.75, 3.05) is 18.4 Å². The van der Waals surface area contributed by atoms with E-state index in [-0.39, 0.29) is 17.9 Å². The Balaban J connectivity index is 1.65. The Morgan fingerprint density at radius 2 is 2.09 bits per heavy atom. The van der Waals surface area contributed by atoms with Crippen LogP contribution in [-0.2, 0) is 17.6 Å². The maximum Gasteiger partial charge on any atom is 0.321 e. The van der Waals surface area contributed by atoms with Gasteiger partial charge in [0.2, 0.25) is 5.91 Å². The Hall–Kier alpha value is -2.11. The quantitative estimate of drug-likeness (QED) is 0.871. The van der Waals surface area contributed by atoms with Gasteiger partial charge in [0.15, 0.2) is 0 Å². The number of likely N-dealkylation sites (tertiary alicyclic amines) is 1. The molecule has 1 fully saturated rings. The number of anilines is 1. The molecule has 1 aliphatic carbocycles. The monoisotopic (exact) mass is 302 g/mol. The number of fused-ring (bicyclic) bond motifs is 1. The summed E-state index contributed by atoms with van der Waals surface area (Å²) < 4.78 is 0. The van der Waals surface area contributed by atoms with Crippen molar-refractivity contribution in [2.24, 2.45) is 11.7 Å². The summed E-state index contributed by atoms with van der Waals surface area (Å²) in [6.45, 7) is 1.06. The summed E-state index contributed by atoms with van der Waals surface area (Å²) in [6, 6.07) is 1.85. The van der Waals surface area contributed by atoms with Crippen molar-refractivity contribution in [3.05, 3.63) is 23.5 Å². The molecule has 1 atom stereocenters. The lowest BCUT2D eigenvalue weighted by atomic mass is 9.96. The molecular weight excluding hydrogens is 280 g/mol. The standard InChI is InChI=1S/C16H22N4O2/c17-15(21)12-5-3-7-20(10-12)16(22)19-13-8-11-4-1-2-6-14(11)18-9-13/h8-9,12H,1-7,10H2,(H2,17,21)(H,19,22). The van der Waals surface area contributed by atoms with Crippen molar-refractivity contribution in [2.45, 2.75) is 38.5 Å². The minimum atomic E-state index is -0.326. The van der Waals surface area contributed by atoms with Gasteiger partial charge in [-0.2, -0.15) is 0 Å². The maximum absolute atomic E-state index is 12.3. The van der Waals surface area contributed by atoms with Gasteiger partial charge >= 0.3 is 6.03 Å². The van der Waals surface area contributed by atoms with Gasteiger partial charge in [0.05, 0.1) is 17.8 Å². The first-order chi connectivity index (χ1) is 10.6. The van der Waals surface area contributed by atoms with Crippen LogP contribution in [-0.4, -0.2) is 34.9 Å². The van der Waals surface area contributed by atoms with Crippen molar-refractivity contribution >= 4 is 17.6 Å². The van der Waals surface area contributed by atoms with E-state index in [4.69, 9.17) is 5.73 Å². The molecule has 3 N–H and O–H groups in total. The number of nitrogens with one attached hydrogen (secondary N) is 1. The summed E-state index contributed by atoms with van der Waals surface area (Å²) in [5, 5.41) is 2.89. The van der Waals surface area contributed by atoms with E-state index in [0.717, 1.165) is 37.1 Å². The number of hydrogen-bond acceptors (Lipinski definition) is 3. The molecule has 2 aliphatic rings. The van der Waals surface area contributed by atoms with Gasteiger partial charge in [-0.25, -0.2) is 4.79 Å². The van der Waals surface area contributed by atoms with E-state index in [1.165, 1.54) is 18.4 Å². The summed E-state index contributed by atoms with van der Waals surface area (Å²) in [6.07, 6.45) is 7.71. The Morgan fingerprint density at radius 3 is 2.91 bits per heavy atom. The molecule has 3 rings (SSSR count). The van der Waals surface area contributed by atoms with Crippen LogP contribution in [0.25, 0.3) is 0 Å². The number of nitrogens with two attached hydrogens (primary N) is 1. The van der Waals surface area contributed by atoms with Crippen LogP contribution in [0.5, 0.6) is 0 Å². The highest BCUT2D eigenvalue weighted by atomic mass is 16.2. The number of primary amides is 1. The molecular formula is C16H22N4O2. The number of carbonyl (C=O) groups excluding carboxylic acids is 2. The molecule has 1 saturated heterocycles. The molecule has 2 heterocycles. The van der Waals surface area contributed by atoms with Gasteiger partial charge in [0.25, 0.3) is 0 Å². The fourth-order valence-corrected chi connectivity index (χ4v) is 3.25. The molecule has 118 valence electrons. The highest BCUT2D eigenvalue weighted by Crippen LogP contribution is 2.23. The van der Waals surface area contributed by atoms with E-state index in [9.17, 15) is 9.59 Å². The van der Waals surface area contributed by atoms with Gasteiger partial charge in [0, 0.05) is 18.8 Å². The molecule has 6 nitrogen and oxygen atoms in total. The Kier molecular flexibility index (Phi) is 4.27. The fourth-order valence-electron chi connectivity index (χ4n) is 3.25. The van der Waals surface area contributed by atoms with Gasteiger partial charge in [-0.3, -0.25) is 9.78 Å². The molecule has 1 unspecified atom stereocenters. The van der Waals surface area contributed by atoms with Gasteiger partial charge in [-0.15, -0.1) is 0 Å². The predicted molar refractivity (Wildman–Crippen MR) is 83.4 cm³/mol. The number of pyridine rings is 1. The summed E-state index contributed by atoms with van der Waals surface area (Å²) in [4.78, 5) is 29.8. The summed E-state index contributed by atoms with van der Waals surface area (Å²) >= 11 is 0. The maximum atomic E-state index is 12.3. The lowest BCUT2D eigenvalue weighted by molar-refractivity contribution is -0.123. The van der Waals surface area contributed by atoms with Crippen LogP contribution in [0.2, 0.25) is 0 Å². The normalized spacial score (nSPS) is 21.1. The highest BCUT2D eigenvalue weighted by molar-refractivity contribution is 5.90. The van der Waals surface area contributed by atoms with Crippen LogP contribution in [0.15, 0.2) is 12.3 Å². The smallest absolute Gasteiger partial charge is 0.321 e. The van der Waals surface area contributed by atoms with Crippen LogP contribution < -0.4 is 11.1 Å². The first kappa shape index (κ1) is 14.8. The number of piperidine rings is 1. The summed E-state index contributed by atoms with van der Waals surface area (Å²) in [5.41, 5.74) is 8.46. The van der Waals surface area contributed by atoms with Gasteiger partial charge in [0.1, 0.15) is 0 Å². The summed E-state index contributed by atoms with van der Waals surface area (Å²) in [7, 11) is 0. The molecule has 0 aromatic carbocycles. The lowest BCUT2D eigenvalue weighted by Crippen LogP contribution is -2.45. The second kappa shape index (κ2) is 6.34. The molecule has 22 heavy (non-hydrogen) atoms. The number of aromatic nitrogens is 1. The average Bonchev–Trinajstić information content (AvgIpc) is 2.55. The highest BCUT2D eigenvalue weighted by Gasteiger charge is 2.27. The Bertz CT molecular complexity index is 588. The number of urea groups is 1. The van der Waals surface area contributed by atoms with E-state index in [1.807, 2.05) is 6.07 Å². The molecule has 3 amide bonds. The Morgan fingerprint density at radius 1 is 1.27 bits per heavy atom. The third-order valence-electron chi connectivity index (χ3n) is 4.53. The van der Waals surface area contributed by atoms with Gasteiger partial charge in [-0.05, 0) is 50.2 Å². The zero-order chi connectivity index (χ0) is 15.5. The van der Waals surface area contributed by atoms with Crippen LogP contribution in [0, 0.1) is 5.92 Å². The molecule has 0 saturated carbocycles. The van der Waals surface area contributed by atoms with E-state index in [1.54, 1.807) is 11.1 Å². The molecule has 0 spiro atoms. The minimum Gasteiger partial charge on any atom is -0.369 e. The molecule has 0 radical (unpaired) electrons. The first-order valence-corrected chi connectivity index (χ1v) is 7.96. The van der Waals surface area contributed by atoms with Crippen LogP contribution >= 0.6 is 0 Å². The number of hydrogen-bond donors (Lipinski definition) is 2. The largest absolute Gasteiger partial charge is 0.369 e. The van der Waals surface area contributed by atoms with Crippen molar-refractivity contribution < 1.29 is 9.59 Å². The summed E-state index contributed by atoms with van der Waals surface area (Å²) in [5.74, 6) is -0.561. The predicted octanol–water partition coefficient (Wildman–Crippen LogP) is 1.69. The van der Waals surface area contributed by atoms with E-state index >= 15 is 0 Å². The van der Waals surface area contributed by atoms with E-state index in [2.05, 4.69) is 10.3 Å². The van der Waals surface area contributed by atoms with E-state index < -0.39 is 0 Å².